The Balaban J connectivity index is 2.66. The first kappa shape index (κ1) is 14.5. The minimum absolute atomic E-state index is 0.402. The summed E-state index contributed by atoms with van der Waals surface area (Å²) in [5.74, 6) is 0.228. The van der Waals surface area contributed by atoms with E-state index >= 15 is 0 Å². The Morgan fingerprint density at radius 1 is 1.22 bits per heavy atom. The van der Waals surface area contributed by atoms with E-state index in [1.165, 1.54) is 7.11 Å². The molecule has 0 unspecified atom stereocenters. The van der Waals surface area contributed by atoms with Crippen molar-refractivity contribution in [3.05, 3.63) is 29.8 Å². The van der Waals surface area contributed by atoms with Gasteiger partial charge >= 0.3 is 5.97 Å². The molecule has 1 aromatic rings. The third-order valence-corrected chi connectivity index (χ3v) is 2.45. The maximum Gasteiger partial charge on any atom is 0.349 e. The zero-order valence-electron chi connectivity index (χ0n) is 11.4. The van der Waals surface area contributed by atoms with Crippen molar-refractivity contribution < 1.29 is 19.0 Å². The maximum atomic E-state index is 11.5. The molecule has 0 fully saturated rings. The Kier molecular flexibility index (Phi) is 5.16. The van der Waals surface area contributed by atoms with Crippen molar-refractivity contribution in [1.29, 1.82) is 0 Å². The Morgan fingerprint density at radius 3 is 2.33 bits per heavy atom. The van der Waals surface area contributed by atoms with Gasteiger partial charge in [0.2, 0.25) is 0 Å². The standard InChI is InChI=1S/C14H20O4/c1-5-17-10-11-6-8-12(9-7-11)18-14(2,3)13(15)16-4/h6-9H,5,10H2,1-4H3. The van der Waals surface area contributed by atoms with Gasteiger partial charge < -0.3 is 14.2 Å². The van der Waals surface area contributed by atoms with Gasteiger partial charge in [0.25, 0.3) is 0 Å². The van der Waals surface area contributed by atoms with Crippen LogP contribution in [-0.2, 0) is 20.9 Å². The molecule has 0 spiro atoms. The molecule has 0 N–H and O–H groups in total. The number of ether oxygens (including phenoxy) is 3. The van der Waals surface area contributed by atoms with Gasteiger partial charge in [-0.2, -0.15) is 0 Å². The van der Waals surface area contributed by atoms with Gasteiger partial charge in [0, 0.05) is 6.61 Å². The van der Waals surface area contributed by atoms with Crippen LogP contribution in [0.15, 0.2) is 24.3 Å². The zero-order valence-corrected chi connectivity index (χ0v) is 11.4. The van der Waals surface area contributed by atoms with Gasteiger partial charge in [-0.1, -0.05) is 12.1 Å². The lowest BCUT2D eigenvalue weighted by molar-refractivity contribution is -0.156. The van der Waals surface area contributed by atoms with Crippen LogP contribution in [0.5, 0.6) is 5.75 Å². The molecule has 0 saturated heterocycles. The average Bonchev–Trinajstić information content (AvgIpc) is 2.36. The lowest BCUT2D eigenvalue weighted by atomic mass is 10.1. The second-order valence-corrected chi connectivity index (χ2v) is 4.39. The number of hydrogen-bond donors (Lipinski definition) is 0. The van der Waals surface area contributed by atoms with E-state index < -0.39 is 11.6 Å². The lowest BCUT2D eigenvalue weighted by Gasteiger charge is -2.23. The summed E-state index contributed by atoms with van der Waals surface area (Å²) in [4.78, 5) is 11.5. The molecule has 0 amide bonds. The van der Waals surface area contributed by atoms with Crippen LogP contribution < -0.4 is 4.74 Å². The summed E-state index contributed by atoms with van der Waals surface area (Å²) >= 11 is 0. The molecule has 18 heavy (non-hydrogen) atoms. The summed E-state index contributed by atoms with van der Waals surface area (Å²) in [6, 6.07) is 7.47. The Morgan fingerprint density at radius 2 is 1.83 bits per heavy atom. The Hall–Kier alpha value is -1.55. The number of carbonyl (C=O) groups is 1. The quantitative estimate of drug-likeness (QED) is 0.730. The molecule has 100 valence electrons. The monoisotopic (exact) mass is 252 g/mol. The molecule has 0 radical (unpaired) electrons. The second-order valence-electron chi connectivity index (χ2n) is 4.39. The third-order valence-electron chi connectivity index (χ3n) is 2.45. The number of rotatable bonds is 6. The van der Waals surface area contributed by atoms with E-state index in [2.05, 4.69) is 4.74 Å². The van der Waals surface area contributed by atoms with Crippen molar-refractivity contribution in [3.63, 3.8) is 0 Å². The van der Waals surface area contributed by atoms with Gasteiger partial charge in [0.15, 0.2) is 5.60 Å². The molecule has 0 aliphatic rings. The van der Waals surface area contributed by atoms with Gasteiger partial charge in [0.05, 0.1) is 13.7 Å². The maximum absolute atomic E-state index is 11.5. The molecule has 4 heteroatoms. The summed E-state index contributed by atoms with van der Waals surface area (Å²) in [6.07, 6.45) is 0. The molecule has 1 aromatic carbocycles. The fraction of sp³-hybridized carbons (Fsp3) is 0.500. The van der Waals surface area contributed by atoms with E-state index in [0.29, 0.717) is 19.0 Å². The highest BCUT2D eigenvalue weighted by Gasteiger charge is 2.30. The molecule has 0 atom stereocenters. The van der Waals surface area contributed by atoms with E-state index in [-0.39, 0.29) is 0 Å². The topological polar surface area (TPSA) is 44.8 Å². The van der Waals surface area contributed by atoms with Gasteiger partial charge in [-0.3, -0.25) is 0 Å². The molecule has 1 rings (SSSR count). The highest BCUT2D eigenvalue weighted by molar-refractivity contribution is 5.78. The van der Waals surface area contributed by atoms with Crippen LogP contribution in [-0.4, -0.2) is 25.3 Å². The molecular formula is C14H20O4. The zero-order chi connectivity index (χ0) is 13.6. The molecule has 4 nitrogen and oxygen atoms in total. The van der Waals surface area contributed by atoms with Crippen molar-refractivity contribution in [2.75, 3.05) is 13.7 Å². The lowest BCUT2D eigenvalue weighted by Crippen LogP contribution is -2.39. The first-order valence-electron chi connectivity index (χ1n) is 5.93. The first-order valence-corrected chi connectivity index (χ1v) is 5.93. The summed E-state index contributed by atoms with van der Waals surface area (Å²) in [5, 5.41) is 0. The fourth-order valence-corrected chi connectivity index (χ4v) is 1.46. The predicted octanol–water partition coefficient (Wildman–Crippen LogP) is 2.55. The second kappa shape index (κ2) is 6.40. The smallest absolute Gasteiger partial charge is 0.349 e. The van der Waals surface area contributed by atoms with E-state index in [4.69, 9.17) is 9.47 Å². The number of hydrogen-bond acceptors (Lipinski definition) is 4. The molecule has 0 aliphatic carbocycles. The highest BCUT2D eigenvalue weighted by atomic mass is 16.6. The minimum Gasteiger partial charge on any atom is -0.476 e. The van der Waals surface area contributed by atoms with Crippen LogP contribution in [0.1, 0.15) is 26.3 Å². The molecule has 0 aromatic heterocycles. The van der Waals surface area contributed by atoms with E-state index in [1.54, 1.807) is 13.8 Å². The summed E-state index contributed by atoms with van der Waals surface area (Å²) < 4.78 is 15.6. The van der Waals surface area contributed by atoms with Crippen LogP contribution >= 0.6 is 0 Å². The van der Waals surface area contributed by atoms with E-state index in [0.717, 1.165) is 5.56 Å². The van der Waals surface area contributed by atoms with Crippen LogP contribution in [0.4, 0.5) is 0 Å². The van der Waals surface area contributed by atoms with Crippen LogP contribution in [0.3, 0.4) is 0 Å². The third kappa shape index (κ3) is 4.04. The van der Waals surface area contributed by atoms with Crippen molar-refractivity contribution in [2.45, 2.75) is 33.0 Å². The SMILES string of the molecule is CCOCc1ccc(OC(C)(C)C(=O)OC)cc1. The predicted molar refractivity (Wildman–Crippen MR) is 68.5 cm³/mol. The summed E-state index contributed by atoms with van der Waals surface area (Å²) in [6.45, 7) is 6.57. The summed E-state index contributed by atoms with van der Waals surface area (Å²) in [7, 11) is 1.35. The number of methoxy groups -OCH3 is 1. The van der Waals surface area contributed by atoms with Crippen molar-refractivity contribution in [1.82, 2.24) is 0 Å². The number of benzene rings is 1. The Bertz CT molecular complexity index is 381. The molecular weight excluding hydrogens is 232 g/mol. The molecule has 0 bridgehead atoms. The van der Waals surface area contributed by atoms with Crippen molar-refractivity contribution in [3.8, 4) is 5.75 Å². The Labute approximate surface area is 108 Å². The van der Waals surface area contributed by atoms with E-state index in [1.807, 2.05) is 31.2 Å². The normalized spacial score (nSPS) is 11.1. The minimum atomic E-state index is -0.990. The average molecular weight is 252 g/mol. The van der Waals surface area contributed by atoms with Crippen molar-refractivity contribution in [2.24, 2.45) is 0 Å². The molecule has 0 saturated carbocycles. The number of carbonyl (C=O) groups excluding carboxylic acids is 1. The molecule has 0 aliphatic heterocycles. The van der Waals surface area contributed by atoms with Gasteiger partial charge in [0.1, 0.15) is 5.75 Å². The largest absolute Gasteiger partial charge is 0.476 e. The van der Waals surface area contributed by atoms with Crippen LogP contribution in [0.25, 0.3) is 0 Å². The van der Waals surface area contributed by atoms with Crippen LogP contribution in [0.2, 0.25) is 0 Å². The fourth-order valence-electron chi connectivity index (χ4n) is 1.46. The number of esters is 1. The van der Waals surface area contributed by atoms with E-state index in [9.17, 15) is 4.79 Å². The first-order chi connectivity index (χ1) is 8.49. The molecule has 0 heterocycles. The highest BCUT2D eigenvalue weighted by Crippen LogP contribution is 2.20. The van der Waals surface area contributed by atoms with Gasteiger partial charge in [-0.05, 0) is 38.5 Å². The van der Waals surface area contributed by atoms with Gasteiger partial charge in [-0.25, -0.2) is 4.79 Å². The van der Waals surface area contributed by atoms with Gasteiger partial charge in [-0.15, -0.1) is 0 Å². The van der Waals surface area contributed by atoms with Crippen molar-refractivity contribution >= 4 is 5.97 Å². The van der Waals surface area contributed by atoms with Crippen LogP contribution in [0, 0.1) is 0 Å². The summed E-state index contributed by atoms with van der Waals surface area (Å²) in [5.41, 5.74) is 0.0796.